The number of likely N-dealkylation sites (tertiary alicyclic amines) is 1. The number of thioether (sulfide) groups is 1. The number of benzene rings is 1. The van der Waals surface area contributed by atoms with Gasteiger partial charge in [-0.3, -0.25) is 4.79 Å². The molecule has 1 fully saturated rings. The standard InChI is InChI=1S/C20H19N5OS/c21-12-15-11-16(13-22)19(24-18(15)23)27-17(14-7-3-1-4-8-14)20(26)25-9-5-2-6-10-25/h1,3-4,7-8,11,17H,2,5-6,9-10H2,(H2,23,24)/t17-/m0/s1. The highest BCUT2D eigenvalue weighted by Gasteiger charge is 2.29. The molecule has 3 rings (SSSR count). The minimum Gasteiger partial charge on any atom is -0.383 e. The fourth-order valence-electron chi connectivity index (χ4n) is 3.05. The SMILES string of the molecule is N#Cc1cc(C#N)c(S[C@H](C(=O)N2CCCCC2)c2ccccc2)nc1N. The molecular formula is C20H19N5OS. The van der Waals surface area contributed by atoms with Crippen molar-refractivity contribution in [1.29, 1.82) is 10.5 Å². The number of carbonyl (C=O) groups excluding carboxylic acids is 1. The summed E-state index contributed by atoms with van der Waals surface area (Å²) in [7, 11) is 0. The molecule has 136 valence electrons. The number of carbonyl (C=O) groups is 1. The van der Waals surface area contributed by atoms with E-state index in [1.54, 1.807) is 0 Å². The van der Waals surface area contributed by atoms with Crippen LogP contribution in [0.4, 0.5) is 5.82 Å². The van der Waals surface area contributed by atoms with E-state index >= 15 is 0 Å². The van der Waals surface area contributed by atoms with Crippen molar-refractivity contribution in [3.63, 3.8) is 0 Å². The normalized spacial score (nSPS) is 14.8. The van der Waals surface area contributed by atoms with Crippen LogP contribution >= 0.6 is 11.8 Å². The van der Waals surface area contributed by atoms with Crippen LogP contribution in [-0.4, -0.2) is 28.9 Å². The molecule has 0 aliphatic carbocycles. The van der Waals surface area contributed by atoms with Crippen LogP contribution in [-0.2, 0) is 4.79 Å². The van der Waals surface area contributed by atoms with E-state index in [0.717, 1.165) is 37.9 Å². The molecular weight excluding hydrogens is 358 g/mol. The molecule has 27 heavy (non-hydrogen) atoms. The number of hydrogen-bond donors (Lipinski definition) is 1. The molecule has 7 heteroatoms. The van der Waals surface area contributed by atoms with E-state index in [9.17, 15) is 10.1 Å². The Hall–Kier alpha value is -3.03. The van der Waals surface area contributed by atoms with Crippen LogP contribution in [0.5, 0.6) is 0 Å². The second-order valence-corrected chi connectivity index (χ2v) is 7.39. The van der Waals surface area contributed by atoms with Crippen molar-refractivity contribution in [2.45, 2.75) is 29.5 Å². The Bertz CT molecular complexity index is 910. The van der Waals surface area contributed by atoms with Gasteiger partial charge in [0.1, 0.15) is 28.2 Å². The molecule has 6 nitrogen and oxygen atoms in total. The lowest BCUT2D eigenvalue weighted by Gasteiger charge is -2.30. The first-order chi connectivity index (χ1) is 13.1. The Morgan fingerprint density at radius 3 is 2.41 bits per heavy atom. The van der Waals surface area contributed by atoms with Crippen LogP contribution in [0.15, 0.2) is 41.4 Å². The van der Waals surface area contributed by atoms with Gasteiger partial charge < -0.3 is 10.6 Å². The minimum absolute atomic E-state index is 0.0134. The van der Waals surface area contributed by atoms with Crippen LogP contribution in [0.2, 0.25) is 0 Å². The second kappa shape index (κ2) is 8.57. The first kappa shape index (κ1) is 18.8. The molecule has 0 unspecified atom stereocenters. The minimum atomic E-state index is -0.517. The van der Waals surface area contributed by atoms with E-state index in [-0.39, 0.29) is 22.9 Å². The van der Waals surface area contributed by atoms with Gasteiger partial charge in [0, 0.05) is 13.1 Å². The largest absolute Gasteiger partial charge is 0.383 e. The quantitative estimate of drug-likeness (QED) is 0.820. The lowest BCUT2D eigenvalue weighted by molar-refractivity contribution is -0.131. The van der Waals surface area contributed by atoms with Gasteiger partial charge >= 0.3 is 0 Å². The number of amides is 1. The molecule has 0 spiro atoms. The Morgan fingerprint density at radius 1 is 1.11 bits per heavy atom. The van der Waals surface area contributed by atoms with Crippen LogP contribution in [0.3, 0.4) is 0 Å². The lowest BCUT2D eigenvalue weighted by Crippen LogP contribution is -2.38. The third-order valence-corrected chi connectivity index (χ3v) is 5.73. The number of piperidine rings is 1. The summed E-state index contributed by atoms with van der Waals surface area (Å²) >= 11 is 1.21. The predicted molar refractivity (Wildman–Crippen MR) is 104 cm³/mol. The number of nitrogens with two attached hydrogens (primary N) is 1. The van der Waals surface area contributed by atoms with Gasteiger partial charge in [-0.15, -0.1) is 0 Å². The maximum Gasteiger partial charge on any atom is 0.240 e. The van der Waals surface area contributed by atoms with Gasteiger partial charge in [-0.1, -0.05) is 42.1 Å². The molecule has 1 amide bonds. The van der Waals surface area contributed by atoms with E-state index < -0.39 is 5.25 Å². The smallest absolute Gasteiger partial charge is 0.240 e. The highest BCUT2D eigenvalue weighted by molar-refractivity contribution is 8.00. The van der Waals surface area contributed by atoms with Crippen molar-refractivity contribution in [2.24, 2.45) is 0 Å². The summed E-state index contributed by atoms with van der Waals surface area (Å²) in [5.41, 5.74) is 7.10. The van der Waals surface area contributed by atoms with Gasteiger partial charge in [-0.25, -0.2) is 4.98 Å². The topological polar surface area (TPSA) is 107 Å². The number of nitriles is 2. The average molecular weight is 377 g/mol. The fourth-order valence-corrected chi connectivity index (χ4v) is 4.20. The highest BCUT2D eigenvalue weighted by atomic mass is 32.2. The van der Waals surface area contributed by atoms with Gasteiger partial charge in [0.25, 0.3) is 0 Å². The summed E-state index contributed by atoms with van der Waals surface area (Å²) in [5.74, 6) is 0.0794. The fraction of sp³-hybridized carbons (Fsp3) is 0.300. The molecule has 0 saturated carbocycles. The zero-order valence-electron chi connectivity index (χ0n) is 14.8. The number of rotatable bonds is 4. The molecule has 1 aromatic heterocycles. The average Bonchev–Trinajstić information content (AvgIpc) is 2.73. The molecule has 2 aromatic rings. The van der Waals surface area contributed by atoms with E-state index in [1.807, 2.05) is 41.3 Å². The predicted octanol–water partition coefficient (Wildman–Crippen LogP) is 3.25. The summed E-state index contributed by atoms with van der Waals surface area (Å²) in [5, 5.41) is 18.4. The van der Waals surface area contributed by atoms with Crippen LogP contribution < -0.4 is 5.73 Å². The van der Waals surface area contributed by atoms with Crippen LogP contribution in [0.25, 0.3) is 0 Å². The van der Waals surface area contributed by atoms with Crippen molar-refractivity contribution < 1.29 is 4.79 Å². The monoisotopic (exact) mass is 377 g/mol. The van der Waals surface area contributed by atoms with E-state index in [0.29, 0.717) is 5.03 Å². The number of nitrogens with zero attached hydrogens (tertiary/aromatic N) is 4. The molecule has 1 aliphatic heterocycles. The van der Waals surface area contributed by atoms with Gasteiger partial charge in [-0.2, -0.15) is 10.5 Å². The molecule has 1 atom stereocenters. The van der Waals surface area contributed by atoms with Crippen molar-refractivity contribution >= 4 is 23.5 Å². The number of hydrogen-bond acceptors (Lipinski definition) is 6. The van der Waals surface area contributed by atoms with Gasteiger partial charge in [0.2, 0.25) is 5.91 Å². The second-order valence-electron chi connectivity index (χ2n) is 6.29. The van der Waals surface area contributed by atoms with Crippen molar-refractivity contribution in [1.82, 2.24) is 9.88 Å². The molecule has 2 heterocycles. The van der Waals surface area contributed by atoms with Crippen LogP contribution in [0.1, 0.15) is 41.2 Å². The number of pyridine rings is 1. The van der Waals surface area contributed by atoms with Gasteiger partial charge in [0.05, 0.1) is 11.1 Å². The Morgan fingerprint density at radius 2 is 1.78 bits per heavy atom. The number of nitrogen functional groups attached to an aromatic ring is 1. The number of aromatic nitrogens is 1. The lowest BCUT2D eigenvalue weighted by atomic mass is 10.1. The van der Waals surface area contributed by atoms with E-state index in [2.05, 4.69) is 11.1 Å². The Labute approximate surface area is 162 Å². The van der Waals surface area contributed by atoms with Crippen molar-refractivity contribution in [3.05, 3.63) is 53.1 Å². The van der Waals surface area contributed by atoms with E-state index in [4.69, 9.17) is 11.0 Å². The summed E-state index contributed by atoms with van der Waals surface area (Å²) < 4.78 is 0. The summed E-state index contributed by atoms with van der Waals surface area (Å²) in [6.45, 7) is 1.49. The van der Waals surface area contributed by atoms with Gasteiger partial charge in [0.15, 0.2) is 0 Å². The zero-order valence-corrected chi connectivity index (χ0v) is 15.6. The molecule has 1 saturated heterocycles. The van der Waals surface area contributed by atoms with Crippen molar-refractivity contribution in [2.75, 3.05) is 18.8 Å². The zero-order chi connectivity index (χ0) is 19.2. The third-order valence-electron chi connectivity index (χ3n) is 4.48. The molecule has 0 bridgehead atoms. The Balaban J connectivity index is 1.97. The molecule has 1 aliphatic rings. The maximum absolute atomic E-state index is 13.2. The summed E-state index contributed by atoms with van der Waals surface area (Å²) in [6, 6.07) is 14.9. The van der Waals surface area contributed by atoms with Crippen molar-refractivity contribution in [3.8, 4) is 12.1 Å². The van der Waals surface area contributed by atoms with Gasteiger partial charge in [-0.05, 0) is 30.9 Å². The summed E-state index contributed by atoms with van der Waals surface area (Å²) in [6.07, 6.45) is 3.14. The summed E-state index contributed by atoms with van der Waals surface area (Å²) in [4.78, 5) is 19.3. The molecule has 1 aromatic carbocycles. The Kier molecular flexibility index (Phi) is 5.95. The molecule has 0 radical (unpaired) electrons. The van der Waals surface area contributed by atoms with Crippen LogP contribution in [0, 0.1) is 22.7 Å². The maximum atomic E-state index is 13.2. The first-order valence-corrected chi connectivity index (χ1v) is 9.63. The third kappa shape index (κ3) is 4.21. The first-order valence-electron chi connectivity index (χ1n) is 8.75. The number of anilines is 1. The highest BCUT2D eigenvalue weighted by Crippen LogP contribution is 2.38. The molecule has 2 N–H and O–H groups in total. The van der Waals surface area contributed by atoms with E-state index in [1.165, 1.54) is 17.8 Å².